The number of rotatable bonds is 4. The van der Waals surface area contributed by atoms with E-state index in [1.54, 1.807) is 26.3 Å². The zero-order valence-electron chi connectivity index (χ0n) is 10.8. The Hall–Kier alpha value is -2.15. The average molecular weight is 279 g/mol. The first-order valence-electron chi connectivity index (χ1n) is 5.47. The van der Waals surface area contributed by atoms with Crippen LogP contribution in [0.5, 0.6) is 5.88 Å². The van der Waals surface area contributed by atoms with Gasteiger partial charge in [0.2, 0.25) is 5.88 Å². The maximum Gasteiger partial charge on any atom is 0.350 e. The number of nitrogens with zero attached hydrogens (tertiary/aromatic N) is 2. The van der Waals surface area contributed by atoms with Gasteiger partial charge in [0.1, 0.15) is 4.88 Å². The Bertz CT molecular complexity index is 580. The van der Waals surface area contributed by atoms with Crippen LogP contribution in [0.15, 0.2) is 18.3 Å². The smallest absolute Gasteiger partial charge is 0.350 e. The van der Waals surface area contributed by atoms with Gasteiger partial charge in [-0.05, 0) is 13.0 Å². The highest BCUT2D eigenvalue weighted by atomic mass is 32.1. The average Bonchev–Trinajstić information content (AvgIpc) is 2.79. The van der Waals surface area contributed by atoms with Crippen LogP contribution in [0.4, 0.5) is 10.8 Å². The Kier molecular flexibility index (Phi) is 3.96. The highest BCUT2D eigenvalue weighted by Crippen LogP contribution is 2.26. The van der Waals surface area contributed by atoms with Gasteiger partial charge in [0.05, 0.1) is 31.8 Å². The number of thiazole rings is 1. The van der Waals surface area contributed by atoms with Crippen LogP contribution < -0.4 is 10.1 Å². The van der Waals surface area contributed by atoms with E-state index in [2.05, 4.69) is 20.0 Å². The summed E-state index contributed by atoms with van der Waals surface area (Å²) in [6.45, 7) is 1.76. The summed E-state index contributed by atoms with van der Waals surface area (Å²) in [5.74, 6) is 0.159. The number of aryl methyl sites for hydroxylation is 1. The molecular formula is C12H13N3O3S. The normalized spacial score (nSPS) is 10.1. The molecule has 2 aromatic rings. The third kappa shape index (κ3) is 3.00. The number of carbonyl (C=O) groups excluding carboxylic acids is 1. The van der Waals surface area contributed by atoms with Gasteiger partial charge in [-0.3, -0.25) is 0 Å². The number of nitrogens with one attached hydrogen (secondary N) is 1. The van der Waals surface area contributed by atoms with E-state index < -0.39 is 0 Å². The second-order valence-electron chi connectivity index (χ2n) is 3.64. The molecule has 0 saturated carbocycles. The molecule has 0 fully saturated rings. The van der Waals surface area contributed by atoms with E-state index in [0.717, 1.165) is 5.69 Å². The predicted octanol–water partition coefficient (Wildman–Crippen LogP) is 2.39. The van der Waals surface area contributed by atoms with Gasteiger partial charge in [-0.1, -0.05) is 11.3 Å². The van der Waals surface area contributed by atoms with Crippen LogP contribution in [0.3, 0.4) is 0 Å². The van der Waals surface area contributed by atoms with Crippen molar-refractivity contribution >= 4 is 28.1 Å². The lowest BCUT2D eigenvalue weighted by atomic mass is 10.4. The van der Waals surface area contributed by atoms with Crippen LogP contribution in [-0.2, 0) is 4.74 Å². The molecule has 0 aliphatic carbocycles. The first-order valence-corrected chi connectivity index (χ1v) is 6.28. The molecule has 0 radical (unpaired) electrons. The van der Waals surface area contributed by atoms with Crippen molar-refractivity contribution in [3.63, 3.8) is 0 Å². The van der Waals surface area contributed by atoms with E-state index in [1.807, 2.05) is 6.07 Å². The van der Waals surface area contributed by atoms with Gasteiger partial charge in [-0.15, -0.1) is 0 Å². The Balaban J connectivity index is 2.16. The quantitative estimate of drug-likeness (QED) is 0.866. The van der Waals surface area contributed by atoms with Crippen LogP contribution in [0.25, 0.3) is 0 Å². The van der Waals surface area contributed by atoms with Gasteiger partial charge >= 0.3 is 5.97 Å². The maximum atomic E-state index is 11.5. The Morgan fingerprint density at radius 2 is 2.16 bits per heavy atom. The topological polar surface area (TPSA) is 73.3 Å². The lowest BCUT2D eigenvalue weighted by Gasteiger charge is -2.02. The molecule has 6 nitrogen and oxygen atoms in total. The fraction of sp³-hybridized carbons (Fsp3) is 0.250. The number of pyridine rings is 1. The molecule has 1 N–H and O–H groups in total. The van der Waals surface area contributed by atoms with Crippen LogP contribution in [0.2, 0.25) is 0 Å². The molecule has 0 unspecified atom stereocenters. The van der Waals surface area contributed by atoms with Gasteiger partial charge in [0, 0.05) is 6.07 Å². The van der Waals surface area contributed by atoms with Crippen molar-refractivity contribution in [2.75, 3.05) is 19.5 Å². The van der Waals surface area contributed by atoms with E-state index in [0.29, 0.717) is 21.6 Å². The van der Waals surface area contributed by atoms with Crippen LogP contribution >= 0.6 is 11.3 Å². The summed E-state index contributed by atoms with van der Waals surface area (Å²) in [5, 5.41) is 3.69. The Morgan fingerprint density at radius 1 is 1.37 bits per heavy atom. The van der Waals surface area contributed by atoms with E-state index in [-0.39, 0.29) is 5.97 Å². The van der Waals surface area contributed by atoms with E-state index in [4.69, 9.17) is 4.74 Å². The molecule has 19 heavy (non-hydrogen) atoms. The largest absolute Gasteiger partial charge is 0.481 e. The monoisotopic (exact) mass is 279 g/mol. The minimum atomic E-state index is -0.379. The second-order valence-corrected chi connectivity index (χ2v) is 4.64. The first-order chi connectivity index (χ1) is 9.13. The van der Waals surface area contributed by atoms with Crippen molar-refractivity contribution in [3.8, 4) is 5.88 Å². The van der Waals surface area contributed by atoms with E-state index >= 15 is 0 Å². The third-order valence-electron chi connectivity index (χ3n) is 2.36. The third-order valence-corrected chi connectivity index (χ3v) is 3.42. The molecule has 7 heteroatoms. The van der Waals surface area contributed by atoms with Gasteiger partial charge in [-0.2, -0.15) is 0 Å². The molecule has 0 spiro atoms. The molecule has 0 amide bonds. The molecule has 2 aromatic heterocycles. The summed E-state index contributed by atoms with van der Waals surface area (Å²) in [6, 6.07) is 3.56. The number of hydrogen-bond donors (Lipinski definition) is 1. The summed E-state index contributed by atoms with van der Waals surface area (Å²) >= 11 is 1.24. The molecule has 0 aliphatic rings. The van der Waals surface area contributed by atoms with Crippen molar-refractivity contribution in [3.05, 3.63) is 28.9 Å². The highest BCUT2D eigenvalue weighted by molar-refractivity contribution is 7.17. The minimum absolute atomic E-state index is 0.379. The van der Waals surface area contributed by atoms with Crippen molar-refractivity contribution in [2.24, 2.45) is 0 Å². The predicted molar refractivity (Wildman–Crippen MR) is 72.3 cm³/mol. The maximum absolute atomic E-state index is 11.5. The second kappa shape index (κ2) is 5.66. The number of methoxy groups -OCH3 is 2. The zero-order valence-corrected chi connectivity index (χ0v) is 11.6. The molecule has 100 valence electrons. The molecule has 2 heterocycles. The summed E-state index contributed by atoms with van der Waals surface area (Å²) in [6.07, 6.45) is 1.63. The van der Waals surface area contributed by atoms with Gasteiger partial charge in [0.25, 0.3) is 0 Å². The number of esters is 1. The Labute approximate surface area is 114 Å². The number of aromatic nitrogens is 2. The highest BCUT2D eigenvalue weighted by Gasteiger charge is 2.15. The molecule has 2 rings (SSSR count). The summed E-state index contributed by atoms with van der Waals surface area (Å²) in [4.78, 5) is 20.3. The molecule has 0 aliphatic heterocycles. The minimum Gasteiger partial charge on any atom is -0.481 e. The fourth-order valence-corrected chi connectivity index (χ4v) is 2.34. The van der Waals surface area contributed by atoms with Gasteiger partial charge in [0.15, 0.2) is 5.13 Å². The Morgan fingerprint density at radius 3 is 2.74 bits per heavy atom. The van der Waals surface area contributed by atoms with Crippen molar-refractivity contribution in [2.45, 2.75) is 6.92 Å². The molecule has 0 saturated heterocycles. The number of anilines is 2. The zero-order chi connectivity index (χ0) is 13.8. The van der Waals surface area contributed by atoms with E-state index in [9.17, 15) is 4.79 Å². The van der Waals surface area contributed by atoms with E-state index in [1.165, 1.54) is 18.4 Å². The van der Waals surface area contributed by atoms with Crippen molar-refractivity contribution in [1.82, 2.24) is 9.97 Å². The van der Waals surface area contributed by atoms with Gasteiger partial charge in [-0.25, -0.2) is 14.8 Å². The summed E-state index contributed by atoms with van der Waals surface area (Å²) < 4.78 is 9.66. The molecular weight excluding hydrogens is 266 g/mol. The molecule has 0 bridgehead atoms. The molecule has 0 aromatic carbocycles. The fourth-order valence-electron chi connectivity index (χ4n) is 1.43. The lowest BCUT2D eigenvalue weighted by Crippen LogP contribution is -1.99. The number of ether oxygens (including phenoxy) is 2. The lowest BCUT2D eigenvalue weighted by molar-refractivity contribution is 0.0605. The first kappa shape index (κ1) is 13.3. The van der Waals surface area contributed by atoms with Crippen LogP contribution in [-0.4, -0.2) is 30.2 Å². The van der Waals surface area contributed by atoms with Crippen molar-refractivity contribution < 1.29 is 14.3 Å². The van der Waals surface area contributed by atoms with Crippen LogP contribution in [0.1, 0.15) is 15.4 Å². The van der Waals surface area contributed by atoms with Crippen molar-refractivity contribution in [1.29, 1.82) is 0 Å². The molecule has 0 atom stereocenters. The summed E-state index contributed by atoms with van der Waals surface area (Å²) in [5.41, 5.74) is 1.41. The number of hydrogen-bond acceptors (Lipinski definition) is 7. The SMILES string of the molecule is COC(=O)c1sc(Nc2ccc(OC)nc2)nc1C. The number of carbonyl (C=O) groups is 1. The van der Waals surface area contributed by atoms with Gasteiger partial charge < -0.3 is 14.8 Å². The van der Waals surface area contributed by atoms with Crippen LogP contribution in [0, 0.1) is 6.92 Å². The standard InChI is InChI=1S/C12H13N3O3S/c1-7-10(11(16)18-3)19-12(14-7)15-8-4-5-9(17-2)13-6-8/h4-6H,1-3H3,(H,14,15). The summed E-state index contributed by atoms with van der Waals surface area (Å²) in [7, 11) is 2.91.